The van der Waals surface area contributed by atoms with Crippen LogP contribution in [0.25, 0.3) is 0 Å². The third-order valence-electron chi connectivity index (χ3n) is 2.40. The van der Waals surface area contributed by atoms with Gasteiger partial charge in [-0.15, -0.1) is 0 Å². The molecule has 0 fully saturated rings. The first-order valence-electron chi connectivity index (χ1n) is 4.81. The lowest BCUT2D eigenvalue weighted by molar-refractivity contribution is -0.186. The first kappa shape index (κ1) is 11.9. The van der Waals surface area contributed by atoms with E-state index < -0.39 is 17.0 Å². The van der Waals surface area contributed by atoms with E-state index in [2.05, 4.69) is 0 Å². The number of Topliss-reactive ketones (excluding diaryl/α,β-unsaturated/α-hetero) is 1. The normalized spacial score (nSPS) is 12.6. The zero-order valence-corrected chi connectivity index (χ0v) is 9.19. The average molecular weight is 208 g/mol. The molecule has 15 heavy (non-hydrogen) atoms. The quantitative estimate of drug-likeness (QED) is 0.573. The summed E-state index contributed by atoms with van der Waals surface area (Å²) in [6.45, 7) is 4.81. The van der Waals surface area contributed by atoms with Crippen molar-refractivity contribution >= 4 is 5.78 Å². The van der Waals surface area contributed by atoms with Crippen LogP contribution in [0, 0.1) is 5.41 Å². The fraction of sp³-hybridized carbons (Fsp3) is 0.417. The zero-order valence-electron chi connectivity index (χ0n) is 9.19. The molecule has 0 atom stereocenters. The minimum absolute atomic E-state index is 0.303. The summed E-state index contributed by atoms with van der Waals surface area (Å²) in [5.74, 6) is -3.01. The number of carbonyl (C=O) groups is 1. The van der Waals surface area contributed by atoms with Gasteiger partial charge >= 0.3 is 0 Å². The van der Waals surface area contributed by atoms with Crippen LogP contribution in [0.3, 0.4) is 0 Å². The topological polar surface area (TPSA) is 57.5 Å². The van der Waals surface area contributed by atoms with E-state index in [0.717, 1.165) is 0 Å². The van der Waals surface area contributed by atoms with Crippen LogP contribution >= 0.6 is 0 Å². The Hall–Kier alpha value is -1.19. The van der Waals surface area contributed by atoms with E-state index >= 15 is 0 Å². The van der Waals surface area contributed by atoms with Crippen molar-refractivity contribution in [2.75, 3.05) is 0 Å². The van der Waals surface area contributed by atoms with Crippen molar-refractivity contribution in [2.45, 2.75) is 26.6 Å². The third kappa shape index (κ3) is 2.25. The van der Waals surface area contributed by atoms with Gasteiger partial charge in [-0.1, -0.05) is 51.1 Å². The molecule has 82 valence electrons. The molecule has 0 aliphatic rings. The van der Waals surface area contributed by atoms with E-state index in [-0.39, 0.29) is 0 Å². The van der Waals surface area contributed by atoms with Gasteiger partial charge in [0, 0.05) is 11.0 Å². The molecule has 1 rings (SSSR count). The highest BCUT2D eigenvalue weighted by Gasteiger charge is 2.45. The number of ketones is 1. The van der Waals surface area contributed by atoms with E-state index in [0.29, 0.717) is 5.56 Å². The van der Waals surface area contributed by atoms with Crippen LogP contribution < -0.4 is 0 Å². The molecule has 0 aliphatic heterocycles. The van der Waals surface area contributed by atoms with Crippen molar-refractivity contribution in [3.05, 3.63) is 35.9 Å². The predicted molar refractivity (Wildman–Crippen MR) is 57.4 cm³/mol. The molecule has 0 radical (unpaired) electrons. The highest BCUT2D eigenvalue weighted by molar-refractivity contribution is 6.01. The molecule has 2 N–H and O–H groups in total. The fourth-order valence-corrected chi connectivity index (χ4v) is 1.13. The van der Waals surface area contributed by atoms with Crippen LogP contribution in [-0.4, -0.2) is 21.8 Å². The number of carbonyl (C=O) groups excluding carboxylic acids is 1. The van der Waals surface area contributed by atoms with E-state index in [1.165, 1.54) is 0 Å². The summed E-state index contributed by atoms with van der Waals surface area (Å²) in [6, 6.07) is 8.27. The molecule has 0 amide bonds. The standard InChI is InChI=1S/C12H16O3/c1-11(2,3)12(14,15)10(13)9-7-5-4-6-8-9/h4-8,14-15H,1-3H3. The van der Waals surface area contributed by atoms with Gasteiger partial charge in [0.2, 0.25) is 11.6 Å². The largest absolute Gasteiger partial charge is 0.359 e. The molecular weight excluding hydrogens is 192 g/mol. The summed E-state index contributed by atoms with van der Waals surface area (Å²) in [7, 11) is 0. The average Bonchev–Trinajstić information content (AvgIpc) is 2.16. The van der Waals surface area contributed by atoms with Crippen molar-refractivity contribution in [2.24, 2.45) is 5.41 Å². The fourth-order valence-electron chi connectivity index (χ4n) is 1.13. The molecule has 3 heteroatoms. The predicted octanol–water partition coefficient (Wildman–Crippen LogP) is 1.60. The van der Waals surface area contributed by atoms with Gasteiger partial charge in [-0.2, -0.15) is 0 Å². The highest BCUT2D eigenvalue weighted by atomic mass is 16.5. The molecule has 0 saturated carbocycles. The molecule has 0 saturated heterocycles. The van der Waals surface area contributed by atoms with Gasteiger partial charge < -0.3 is 10.2 Å². The number of benzene rings is 1. The van der Waals surface area contributed by atoms with Crippen LogP contribution in [0.2, 0.25) is 0 Å². The smallest absolute Gasteiger partial charge is 0.233 e. The second kappa shape index (κ2) is 3.76. The summed E-state index contributed by atoms with van der Waals surface area (Å²) in [4.78, 5) is 11.8. The third-order valence-corrected chi connectivity index (χ3v) is 2.40. The molecule has 1 aromatic carbocycles. The summed E-state index contributed by atoms with van der Waals surface area (Å²) in [5.41, 5.74) is -0.614. The Balaban J connectivity index is 3.06. The molecule has 3 nitrogen and oxygen atoms in total. The van der Waals surface area contributed by atoms with Crippen LogP contribution in [0.4, 0.5) is 0 Å². The maximum absolute atomic E-state index is 11.8. The van der Waals surface area contributed by atoms with E-state index in [4.69, 9.17) is 0 Å². The van der Waals surface area contributed by atoms with Gasteiger partial charge in [-0.3, -0.25) is 4.79 Å². The van der Waals surface area contributed by atoms with Crippen molar-refractivity contribution in [3.63, 3.8) is 0 Å². The van der Waals surface area contributed by atoms with Gasteiger partial charge in [-0.05, 0) is 0 Å². The van der Waals surface area contributed by atoms with Crippen LogP contribution in [0.1, 0.15) is 31.1 Å². The van der Waals surface area contributed by atoms with Crippen molar-refractivity contribution in [1.82, 2.24) is 0 Å². The summed E-state index contributed by atoms with van der Waals surface area (Å²) < 4.78 is 0. The first-order valence-corrected chi connectivity index (χ1v) is 4.81. The second-order valence-electron chi connectivity index (χ2n) is 4.62. The van der Waals surface area contributed by atoms with Crippen LogP contribution in [-0.2, 0) is 0 Å². The summed E-state index contributed by atoms with van der Waals surface area (Å²) in [5, 5.41) is 19.6. The Kier molecular flexibility index (Phi) is 2.98. The maximum atomic E-state index is 11.8. The number of hydrogen-bond donors (Lipinski definition) is 2. The highest BCUT2D eigenvalue weighted by Crippen LogP contribution is 2.30. The Labute approximate surface area is 89.4 Å². The second-order valence-corrected chi connectivity index (χ2v) is 4.62. The molecule has 0 spiro atoms. The van der Waals surface area contributed by atoms with Gasteiger partial charge in [0.15, 0.2) is 0 Å². The van der Waals surface area contributed by atoms with Gasteiger partial charge in [0.05, 0.1) is 0 Å². The minimum atomic E-state index is -2.34. The Morgan fingerprint density at radius 2 is 1.53 bits per heavy atom. The summed E-state index contributed by atoms with van der Waals surface area (Å²) in [6.07, 6.45) is 0. The summed E-state index contributed by atoms with van der Waals surface area (Å²) >= 11 is 0. The van der Waals surface area contributed by atoms with Gasteiger partial charge in [0.1, 0.15) is 0 Å². The Morgan fingerprint density at radius 3 is 1.93 bits per heavy atom. The van der Waals surface area contributed by atoms with E-state index in [1.54, 1.807) is 51.1 Å². The molecule has 0 aromatic heterocycles. The molecule has 0 unspecified atom stereocenters. The van der Waals surface area contributed by atoms with Crippen molar-refractivity contribution < 1.29 is 15.0 Å². The van der Waals surface area contributed by atoms with E-state index in [9.17, 15) is 15.0 Å². The Bertz CT molecular complexity index is 347. The molecular formula is C12H16O3. The lowest BCUT2D eigenvalue weighted by atomic mass is 9.81. The lowest BCUT2D eigenvalue weighted by Crippen LogP contribution is -2.49. The van der Waals surface area contributed by atoms with Crippen LogP contribution in [0.5, 0.6) is 0 Å². The Morgan fingerprint density at radius 1 is 1.07 bits per heavy atom. The molecule has 0 aliphatic carbocycles. The minimum Gasteiger partial charge on any atom is -0.359 e. The zero-order chi connectivity index (χ0) is 11.7. The molecule has 0 heterocycles. The molecule has 0 bridgehead atoms. The van der Waals surface area contributed by atoms with Crippen molar-refractivity contribution in [3.8, 4) is 0 Å². The lowest BCUT2D eigenvalue weighted by Gasteiger charge is -2.33. The van der Waals surface area contributed by atoms with Crippen molar-refractivity contribution in [1.29, 1.82) is 0 Å². The maximum Gasteiger partial charge on any atom is 0.233 e. The SMILES string of the molecule is CC(C)(C)C(O)(O)C(=O)c1ccccc1. The monoisotopic (exact) mass is 208 g/mol. The van der Waals surface area contributed by atoms with Gasteiger partial charge in [-0.25, -0.2) is 0 Å². The van der Waals surface area contributed by atoms with Gasteiger partial charge in [0.25, 0.3) is 0 Å². The number of hydrogen-bond acceptors (Lipinski definition) is 3. The number of rotatable bonds is 2. The van der Waals surface area contributed by atoms with Crippen LogP contribution in [0.15, 0.2) is 30.3 Å². The number of aliphatic hydroxyl groups is 2. The molecule has 1 aromatic rings. The first-order chi connectivity index (χ1) is 6.77. The van der Waals surface area contributed by atoms with E-state index in [1.807, 2.05) is 0 Å².